The summed E-state index contributed by atoms with van der Waals surface area (Å²) in [5, 5.41) is 3.34. The molecule has 2 aliphatic rings. The fraction of sp³-hybridized carbons (Fsp3) is 0.786. The maximum Gasteiger partial charge on any atom is 0.0928 e. The summed E-state index contributed by atoms with van der Waals surface area (Å²) in [6.45, 7) is 2.67. The summed E-state index contributed by atoms with van der Waals surface area (Å²) in [7, 11) is 0. The predicted molar refractivity (Wildman–Crippen MR) is 77.3 cm³/mol. The smallest absolute Gasteiger partial charge is 0.0928 e. The molecular weight excluding hydrogens is 264 g/mol. The molecule has 1 aliphatic carbocycles. The molecule has 0 radical (unpaired) electrons. The lowest BCUT2D eigenvalue weighted by Crippen LogP contribution is -2.32. The van der Waals surface area contributed by atoms with E-state index in [4.69, 9.17) is 11.6 Å². The SMILES string of the molecule is ClCc1csc(CCCCN2CC3CCC2C3)n1. The Labute approximate surface area is 118 Å². The van der Waals surface area contributed by atoms with Crippen LogP contribution in [0.5, 0.6) is 0 Å². The quantitative estimate of drug-likeness (QED) is 0.585. The number of fused-ring (bicyclic) bond motifs is 2. The third kappa shape index (κ3) is 2.89. The molecule has 1 aromatic rings. The highest BCUT2D eigenvalue weighted by Gasteiger charge is 2.36. The summed E-state index contributed by atoms with van der Waals surface area (Å²) in [4.78, 5) is 7.23. The van der Waals surface area contributed by atoms with Gasteiger partial charge in [0.2, 0.25) is 0 Å². The molecule has 2 fully saturated rings. The molecule has 1 saturated heterocycles. The number of hydrogen-bond acceptors (Lipinski definition) is 3. The molecule has 100 valence electrons. The van der Waals surface area contributed by atoms with Crippen LogP contribution in [0.2, 0.25) is 0 Å². The van der Waals surface area contributed by atoms with E-state index in [2.05, 4.69) is 15.3 Å². The average molecular weight is 285 g/mol. The van der Waals surface area contributed by atoms with Gasteiger partial charge in [0.25, 0.3) is 0 Å². The topological polar surface area (TPSA) is 16.1 Å². The predicted octanol–water partition coefficient (Wildman–Crippen LogP) is 3.69. The van der Waals surface area contributed by atoms with Gasteiger partial charge in [0.05, 0.1) is 16.6 Å². The molecule has 2 heterocycles. The standard InChI is InChI=1S/C14H21ClN2S/c15-8-12-10-18-14(16-12)3-1-2-6-17-9-11-4-5-13(17)7-11/h10-11,13H,1-9H2. The van der Waals surface area contributed by atoms with Gasteiger partial charge < -0.3 is 4.90 Å². The van der Waals surface area contributed by atoms with Gasteiger partial charge in [-0.15, -0.1) is 22.9 Å². The first kappa shape index (κ1) is 12.9. The van der Waals surface area contributed by atoms with Crippen LogP contribution in [0.1, 0.15) is 42.8 Å². The first-order valence-electron chi connectivity index (χ1n) is 7.08. The van der Waals surface area contributed by atoms with Crippen LogP contribution >= 0.6 is 22.9 Å². The second-order valence-electron chi connectivity index (χ2n) is 5.65. The van der Waals surface area contributed by atoms with Crippen molar-refractivity contribution >= 4 is 22.9 Å². The van der Waals surface area contributed by atoms with Gasteiger partial charge in [-0.2, -0.15) is 0 Å². The largest absolute Gasteiger partial charge is 0.300 e. The molecular formula is C14H21ClN2S. The van der Waals surface area contributed by atoms with E-state index in [0.717, 1.165) is 24.1 Å². The molecule has 0 aromatic carbocycles. The number of nitrogens with zero attached hydrogens (tertiary/aromatic N) is 2. The van der Waals surface area contributed by atoms with Crippen LogP contribution in [0, 0.1) is 5.92 Å². The Balaban J connectivity index is 1.35. The van der Waals surface area contributed by atoms with Gasteiger partial charge in [-0.25, -0.2) is 4.98 Å². The van der Waals surface area contributed by atoms with Crippen LogP contribution in [0.15, 0.2) is 5.38 Å². The number of thiazole rings is 1. The molecule has 3 rings (SSSR count). The molecule has 0 amide bonds. The van der Waals surface area contributed by atoms with E-state index in [-0.39, 0.29) is 0 Å². The minimum absolute atomic E-state index is 0.549. The number of hydrogen-bond donors (Lipinski definition) is 0. The van der Waals surface area contributed by atoms with Crippen LogP contribution in [-0.2, 0) is 12.3 Å². The molecule has 2 bridgehead atoms. The molecule has 1 aliphatic heterocycles. The maximum atomic E-state index is 5.76. The highest BCUT2D eigenvalue weighted by atomic mass is 35.5. The van der Waals surface area contributed by atoms with Crippen molar-refractivity contribution < 1.29 is 0 Å². The minimum Gasteiger partial charge on any atom is -0.300 e. The Morgan fingerprint density at radius 2 is 2.33 bits per heavy atom. The Morgan fingerprint density at radius 1 is 1.39 bits per heavy atom. The molecule has 2 nitrogen and oxygen atoms in total. The Kier molecular flexibility index (Phi) is 4.22. The van der Waals surface area contributed by atoms with E-state index in [1.54, 1.807) is 11.3 Å². The highest BCUT2D eigenvalue weighted by Crippen LogP contribution is 2.37. The first-order valence-corrected chi connectivity index (χ1v) is 8.50. The third-order valence-corrected chi connectivity index (χ3v) is 5.58. The van der Waals surface area contributed by atoms with Crippen molar-refractivity contribution in [2.24, 2.45) is 5.92 Å². The van der Waals surface area contributed by atoms with Gasteiger partial charge in [0.1, 0.15) is 0 Å². The zero-order chi connectivity index (χ0) is 12.4. The normalized spacial score (nSPS) is 27.2. The summed E-state index contributed by atoms with van der Waals surface area (Å²) < 4.78 is 0. The van der Waals surface area contributed by atoms with E-state index in [1.807, 2.05) is 0 Å². The molecule has 0 N–H and O–H groups in total. The molecule has 2 atom stereocenters. The number of alkyl halides is 1. The van der Waals surface area contributed by atoms with E-state index in [0.29, 0.717) is 5.88 Å². The Bertz CT molecular complexity index is 393. The molecule has 1 saturated carbocycles. The fourth-order valence-corrected chi connectivity index (χ4v) is 4.49. The maximum absolute atomic E-state index is 5.76. The molecule has 2 unspecified atom stereocenters. The Hall–Kier alpha value is -0.120. The summed E-state index contributed by atoms with van der Waals surface area (Å²) >= 11 is 7.52. The lowest BCUT2D eigenvalue weighted by molar-refractivity contribution is 0.210. The second-order valence-corrected chi connectivity index (χ2v) is 6.86. The first-order chi connectivity index (χ1) is 8.85. The van der Waals surface area contributed by atoms with E-state index in [1.165, 1.54) is 50.2 Å². The summed E-state index contributed by atoms with van der Waals surface area (Å²) in [6.07, 6.45) is 8.13. The van der Waals surface area contributed by atoms with Crippen molar-refractivity contribution in [3.05, 3.63) is 16.1 Å². The van der Waals surface area contributed by atoms with Crippen molar-refractivity contribution in [1.82, 2.24) is 9.88 Å². The zero-order valence-corrected chi connectivity index (χ0v) is 12.3. The number of unbranched alkanes of at least 4 members (excludes halogenated alkanes) is 1. The van der Waals surface area contributed by atoms with Crippen molar-refractivity contribution in [2.45, 2.75) is 50.4 Å². The van der Waals surface area contributed by atoms with Crippen LogP contribution in [0.3, 0.4) is 0 Å². The molecule has 18 heavy (non-hydrogen) atoms. The number of likely N-dealkylation sites (tertiary alicyclic amines) is 1. The fourth-order valence-electron chi connectivity index (χ4n) is 3.42. The second kappa shape index (κ2) is 5.89. The van der Waals surface area contributed by atoms with Crippen LogP contribution in [-0.4, -0.2) is 29.0 Å². The molecule has 4 heteroatoms. The summed E-state index contributed by atoms with van der Waals surface area (Å²) in [6, 6.07) is 0.928. The van der Waals surface area contributed by atoms with Gasteiger partial charge >= 0.3 is 0 Å². The van der Waals surface area contributed by atoms with Gasteiger partial charge in [-0.3, -0.25) is 0 Å². The zero-order valence-electron chi connectivity index (χ0n) is 10.8. The van der Waals surface area contributed by atoms with Gasteiger partial charge in [-0.1, -0.05) is 0 Å². The van der Waals surface area contributed by atoms with Crippen molar-refractivity contribution in [2.75, 3.05) is 13.1 Å². The lowest BCUT2D eigenvalue weighted by atomic mass is 10.1. The van der Waals surface area contributed by atoms with Crippen molar-refractivity contribution in [3.63, 3.8) is 0 Å². The van der Waals surface area contributed by atoms with E-state index < -0.39 is 0 Å². The number of piperidine rings is 1. The summed E-state index contributed by atoms with van der Waals surface area (Å²) in [5.74, 6) is 1.58. The van der Waals surface area contributed by atoms with E-state index >= 15 is 0 Å². The monoisotopic (exact) mass is 284 g/mol. The highest BCUT2D eigenvalue weighted by molar-refractivity contribution is 7.09. The lowest BCUT2D eigenvalue weighted by Gasteiger charge is -2.26. The number of rotatable bonds is 6. The third-order valence-electron chi connectivity index (χ3n) is 4.34. The number of aromatic nitrogens is 1. The summed E-state index contributed by atoms with van der Waals surface area (Å²) in [5.41, 5.74) is 1.04. The van der Waals surface area contributed by atoms with Gasteiger partial charge in [-0.05, 0) is 51.0 Å². The number of halogens is 1. The number of aryl methyl sites for hydroxylation is 1. The minimum atomic E-state index is 0.549. The van der Waals surface area contributed by atoms with Crippen LogP contribution in [0.4, 0.5) is 0 Å². The van der Waals surface area contributed by atoms with Crippen LogP contribution < -0.4 is 0 Å². The van der Waals surface area contributed by atoms with E-state index in [9.17, 15) is 0 Å². The van der Waals surface area contributed by atoms with Crippen molar-refractivity contribution in [3.8, 4) is 0 Å². The Morgan fingerprint density at radius 3 is 3.00 bits per heavy atom. The van der Waals surface area contributed by atoms with Gasteiger partial charge in [0.15, 0.2) is 0 Å². The van der Waals surface area contributed by atoms with Crippen LogP contribution in [0.25, 0.3) is 0 Å². The van der Waals surface area contributed by atoms with Gasteiger partial charge in [0, 0.05) is 18.0 Å². The molecule has 1 aromatic heterocycles. The average Bonchev–Trinajstić information content (AvgIpc) is 3.10. The molecule has 0 spiro atoms. The van der Waals surface area contributed by atoms with Crippen molar-refractivity contribution in [1.29, 1.82) is 0 Å².